The summed E-state index contributed by atoms with van der Waals surface area (Å²) in [6, 6.07) is 19.6. The Morgan fingerprint density at radius 2 is 1.76 bits per heavy atom. The van der Waals surface area contributed by atoms with Crippen LogP contribution in [0.25, 0.3) is 0 Å². The Balaban J connectivity index is 1.60. The summed E-state index contributed by atoms with van der Waals surface area (Å²) in [4.78, 5) is 12.1. The average molecular weight is 338 g/mol. The van der Waals surface area contributed by atoms with Crippen molar-refractivity contribution < 1.29 is 13.6 Å². The maximum atomic E-state index is 13.6. The van der Waals surface area contributed by atoms with Gasteiger partial charge in [0.1, 0.15) is 11.6 Å². The van der Waals surface area contributed by atoms with Crippen molar-refractivity contribution in [1.82, 2.24) is 10.6 Å². The topological polar surface area (TPSA) is 54.3 Å². The molecule has 0 saturated heterocycles. The van der Waals surface area contributed by atoms with Crippen LogP contribution in [0.4, 0.5) is 4.39 Å². The van der Waals surface area contributed by atoms with Gasteiger partial charge in [0, 0.05) is 12.1 Å². The van der Waals surface area contributed by atoms with Crippen molar-refractivity contribution in [1.29, 1.82) is 0 Å². The second-order valence-electron chi connectivity index (χ2n) is 5.61. The van der Waals surface area contributed by atoms with Crippen LogP contribution in [0.3, 0.4) is 0 Å². The number of furan rings is 1. The van der Waals surface area contributed by atoms with Crippen molar-refractivity contribution in [2.75, 3.05) is 6.54 Å². The predicted molar refractivity (Wildman–Crippen MR) is 93.2 cm³/mol. The highest BCUT2D eigenvalue weighted by Crippen LogP contribution is 2.21. The van der Waals surface area contributed by atoms with E-state index in [0.29, 0.717) is 5.56 Å². The lowest BCUT2D eigenvalue weighted by molar-refractivity contribution is -0.120. The van der Waals surface area contributed by atoms with E-state index in [1.807, 2.05) is 42.5 Å². The van der Waals surface area contributed by atoms with Gasteiger partial charge < -0.3 is 9.73 Å². The van der Waals surface area contributed by atoms with E-state index in [0.717, 1.165) is 11.3 Å². The third-order valence-corrected chi connectivity index (χ3v) is 3.86. The number of carbonyl (C=O) groups is 1. The third-order valence-electron chi connectivity index (χ3n) is 3.86. The highest BCUT2D eigenvalue weighted by atomic mass is 19.1. The molecule has 0 aliphatic carbocycles. The molecule has 1 aromatic heterocycles. The number of amides is 1. The van der Waals surface area contributed by atoms with Gasteiger partial charge in [-0.25, -0.2) is 4.39 Å². The highest BCUT2D eigenvalue weighted by molar-refractivity contribution is 5.78. The van der Waals surface area contributed by atoms with E-state index in [1.54, 1.807) is 24.5 Å². The largest absolute Gasteiger partial charge is 0.467 e. The average Bonchev–Trinajstić information content (AvgIpc) is 3.16. The Labute approximate surface area is 145 Å². The van der Waals surface area contributed by atoms with Crippen molar-refractivity contribution in [2.24, 2.45) is 0 Å². The Bertz CT molecular complexity index is 804. The van der Waals surface area contributed by atoms with Gasteiger partial charge in [-0.15, -0.1) is 0 Å². The Morgan fingerprint density at radius 3 is 2.48 bits per heavy atom. The minimum atomic E-state index is -0.325. The van der Waals surface area contributed by atoms with E-state index in [4.69, 9.17) is 4.42 Å². The van der Waals surface area contributed by atoms with Gasteiger partial charge in [-0.1, -0.05) is 48.5 Å². The fourth-order valence-corrected chi connectivity index (χ4v) is 2.58. The molecular formula is C20H19FN2O2. The molecule has 25 heavy (non-hydrogen) atoms. The molecule has 0 aliphatic rings. The minimum Gasteiger partial charge on any atom is -0.467 e. The fourth-order valence-electron chi connectivity index (χ4n) is 2.58. The van der Waals surface area contributed by atoms with Gasteiger partial charge in [0.05, 0.1) is 18.8 Å². The summed E-state index contributed by atoms with van der Waals surface area (Å²) in [5.74, 6) is 0.192. The molecule has 3 rings (SSSR count). The maximum Gasteiger partial charge on any atom is 0.234 e. The Hall–Kier alpha value is -2.92. The minimum absolute atomic E-state index is 0.0920. The van der Waals surface area contributed by atoms with Gasteiger partial charge in [-0.05, 0) is 23.8 Å². The second kappa shape index (κ2) is 8.26. The molecule has 1 heterocycles. The van der Waals surface area contributed by atoms with E-state index in [9.17, 15) is 9.18 Å². The lowest BCUT2D eigenvalue weighted by atomic mass is 10.0. The number of benzene rings is 2. The Kier molecular flexibility index (Phi) is 5.59. The van der Waals surface area contributed by atoms with Crippen LogP contribution in [0.15, 0.2) is 77.4 Å². The van der Waals surface area contributed by atoms with Gasteiger partial charge >= 0.3 is 0 Å². The molecular weight excluding hydrogens is 319 g/mol. The number of hydrogen-bond donors (Lipinski definition) is 2. The summed E-state index contributed by atoms with van der Waals surface area (Å²) in [5, 5.41) is 5.91. The van der Waals surface area contributed by atoms with Gasteiger partial charge in [-0.3, -0.25) is 10.1 Å². The zero-order valence-corrected chi connectivity index (χ0v) is 13.6. The SMILES string of the molecule is O=C(CN[C@H](c1ccccc1)c1ccco1)NCc1ccccc1F. The lowest BCUT2D eigenvalue weighted by Gasteiger charge is -2.17. The molecule has 1 amide bonds. The van der Waals surface area contributed by atoms with Crippen LogP contribution in [0, 0.1) is 5.82 Å². The summed E-state index contributed by atoms with van der Waals surface area (Å²) < 4.78 is 19.1. The molecule has 0 spiro atoms. The molecule has 128 valence electrons. The smallest absolute Gasteiger partial charge is 0.234 e. The third kappa shape index (κ3) is 4.55. The first kappa shape index (κ1) is 16.9. The molecule has 2 N–H and O–H groups in total. The van der Waals surface area contributed by atoms with E-state index < -0.39 is 0 Å². The number of carbonyl (C=O) groups excluding carboxylic acids is 1. The monoisotopic (exact) mass is 338 g/mol. The van der Waals surface area contributed by atoms with E-state index >= 15 is 0 Å². The lowest BCUT2D eigenvalue weighted by Crippen LogP contribution is -2.35. The van der Waals surface area contributed by atoms with Crippen molar-refractivity contribution in [3.8, 4) is 0 Å². The predicted octanol–water partition coefficient (Wildman–Crippen LogP) is 3.41. The summed E-state index contributed by atoms with van der Waals surface area (Å²) in [6.07, 6.45) is 1.60. The molecule has 0 unspecified atom stereocenters. The molecule has 3 aromatic rings. The number of hydrogen-bond acceptors (Lipinski definition) is 3. The van der Waals surface area contributed by atoms with E-state index in [1.165, 1.54) is 6.07 Å². The van der Waals surface area contributed by atoms with E-state index in [-0.39, 0.29) is 30.9 Å². The second-order valence-corrected chi connectivity index (χ2v) is 5.61. The van der Waals surface area contributed by atoms with Gasteiger partial charge in [0.25, 0.3) is 0 Å². The summed E-state index contributed by atoms with van der Waals surface area (Å²) in [5.41, 5.74) is 1.46. The Morgan fingerprint density at radius 1 is 1.00 bits per heavy atom. The highest BCUT2D eigenvalue weighted by Gasteiger charge is 2.17. The summed E-state index contributed by atoms with van der Waals surface area (Å²) >= 11 is 0. The number of halogens is 1. The zero-order valence-electron chi connectivity index (χ0n) is 13.6. The summed E-state index contributed by atoms with van der Waals surface area (Å²) in [6.45, 7) is 0.249. The van der Waals surface area contributed by atoms with Crippen molar-refractivity contribution in [3.05, 3.63) is 95.7 Å². The number of nitrogens with one attached hydrogen (secondary N) is 2. The first-order chi connectivity index (χ1) is 12.2. The van der Waals surface area contributed by atoms with Crippen LogP contribution in [0.1, 0.15) is 22.9 Å². The van der Waals surface area contributed by atoms with Gasteiger partial charge in [-0.2, -0.15) is 0 Å². The maximum absolute atomic E-state index is 13.6. The molecule has 2 aromatic carbocycles. The molecule has 4 nitrogen and oxygen atoms in total. The molecule has 5 heteroatoms. The van der Waals surface area contributed by atoms with E-state index in [2.05, 4.69) is 10.6 Å². The van der Waals surface area contributed by atoms with Crippen molar-refractivity contribution in [3.63, 3.8) is 0 Å². The molecule has 0 bridgehead atoms. The fraction of sp³-hybridized carbons (Fsp3) is 0.150. The molecule has 0 radical (unpaired) electrons. The molecule has 0 saturated carbocycles. The first-order valence-electron chi connectivity index (χ1n) is 8.06. The normalized spacial score (nSPS) is 11.9. The first-order valence-corrected chi connectivity index (χ1v) is 8.06. The van der Waals surface area contributed by atoms with Crippen LogP contribution >= 0.6 is 0 Å². The quantitative estimate of drug-likeness (QED) is 0.694. The summed E-state index contributed by atoms with van der Waals surface area (Å²) in [7, 11) is 0. The van der Waals surface area contributed by atoms with Crippen LogP contribution < -0.4 is 10.6 Å². The van der Waals surface area contributed by atoms with Crippen LogP contribution in [-0.2, 0) is 11.3 Å². The number of rotatable bonds is 7. The molecule has 1 atom stereocenters. The van der Waals surface area contributed by atoms with Gasteiger partial charge in [0.2, 0.25) is 5.91 Å². The molecule has 0 aliphatic heterocycles. The van der Waals surface area contributed by atoms with Gasteiger partial charge in [0.15, 0.2) is 0 Å². The van der Waals surface area contributed by atoms with Crippen molar-refractivity contribution in [2.45, 2.75) is 12.6 Å². The van der Waals surface area contributed by atoms with Crippen molar-refractivity contribution >= 4 is 5.91 Å². The molecule has 0 fully saturated rings. The van der Waals surface area contributed by atoms with Crippen LogP contribution in [0.5, 0.6) is 0 Å². The van der Waals surface area contributed by atoms with Crippen LogP contribution in [0.2, 0.25) is 0 Å². The standard InChI is InChI=1S/C20H19FN2O2/c21-17-10-5-4-9-16(17)13-22-19(24)14-23-20(18-11-6-12-25-18)15-7-2-1-3-8-15/h1-12,20,23H,13-14H2,(H,22,24)/t20-/m1/s1. The van der Waals surface area contributed by atoms with Crippen LogP contribution in [-0.4, -0.2) is 12.5 Å². The zero-order chi connectivity index (χ0) is 17.5.